The fraction of sp³-hybridized carbons (Fsp3) is 0.379. The van der Waals surface area contributed by atoms with Gasteiger partial charge in [-0.15, -0.1) is 11.3 Å². The van der Waals surface area contributed by atoms with Crippen LogP contribution < -0.4 is 10.1 Å². The van der Waals surface area contributed by atoms with Crippen LogP contribution >= 0.6 is 11.3 Å². The Morgan fingerprint density at radius 3 is 2.74 bits per heavy atom. The van der Waals surface area contributed by atoms with E-state index >= 15 is 0 Å². The molecule has 5 rings (SSSR count). The van der Waals surface area contributed by atoms with Crippen LogP contribution in [-0.2, 0) is 11.2 Å². The third-order valence-electron chi connectivity index (χ3n) is 7.43. The number of nitrogens with zero attached hydrogens (tertiary/aromatic N) is 3. The molecule has 1 fully saturated rings. The first-order valence-electron chi connectivity index (χ1n) is 13.0. The standard InChI is InChI=1S/C29H33FN4O3S/c1-20-19-33(15-16-34(20)29(36)31-24-8-3-4-9-25(24)37-2)27(35)11-14-32-13-10-26-23(12-17-38-26)28(32)21-6-5-7-22(30)18-21/h3-9,12,17-18,20,28H,10-11,13-16,19H2,1-2H3,(H,31,36)/t20-,28+/m1/s1. The summed E-state index contributed by atoms with van der Waals surface area (Å²) in [7, 11) is 1.57. The number of anilines is 1. The maximum absolute atomic E-state index is 14.1. The lowest BCUT2D eigenvalue weighted by molar-refractivity contribution is -0.134. The second kappa shape index (κ2) is 11.5. The van der Waals surface area contributed by atoms with Gasteiger partial charge in [0.05, 0.1) is 18.8 Å². The van der Waals surface area contributed by atoms with Crippen molar-refractivity contribution in [1.82, 2.24) is 14.7 Å². The van der Waals surface area contributed by atoms with Gasteiger partial charge in [-0.2, -0.15) is 0 Å². The molecular formula is C29H33FN4O3S. The summed E-state index contributed by atoms with van der Waals surface area (Å²) in [5.41, 5.74) is 2.75. The fourth-order valence-corrected chi connectivity index (χ4v) is 6.40. The number of thiophene rings is 1. The van der Waals surface area contributed by atoms with Crippen molar-refractivity contribution in [1.29, 1.82) is 0 Å². The Bertz CT molecular complexity index is 1300. The first-order chi connectivity index (χ1) is 18.4. The monoisotopic (exact) mass is 536 g/mol. The first-order valence-corrected chi connectivity index (χ1v) is 13.9. The van der Waals surface area contributed by atoms with Gasteiger partial charge >= 0.3 is 6.03 Å². The van der Waals surface area contributed by atoms with Crippen LogP contribution in [0.25, 0.3) is 0 Å². The number of nitrogens with one attached hydrogen (secondary N) is 1. The van der Waals surface area contributed by atoms with E-state index in [0.717, 1.165) is 18.5 Å². The summed E-state index contributed by atoms with van der Waals surface area (Å²) in [6, 6.07) is 15.8. The molecule has 0 radical (unpaired) electrons. The lowest BCUT2D eigenvalue weighted by Gasteiger charge is -2.40. The smallest absolute Gasteiger partial charge is 0.322 e. The molecule has 0 aliphatic carbocycles. The van der Waals surface area contributed by atoms with Gasteiger partial charge in [0, 0.05) is 50.1 Å². The predicted octanol–water partition coefficient (Wildman–Crippen LogP) is 5.00. The molecule has 1 N–H and O–H groups in total. The number of benzene rings is 2. The number of rotatable bonds is 6. The maximum atomic E-state index is 14.1. The third kappa shape index (κ3) is 5.54. The highest BCUT2D eigenvalue weighted by molar-refractivity contribution is 7.10. The van der Waals surface area contributed by atoms with E-state index in [0.29, 0.717) is 44.0 Å². The zero-order chi connectivity index (χ0) is 26.6. The molecule has 7 nitrogen and oxygen atoms in total. The number of ether oxygens (including phenoxy) is 1. The number of fused-ring (bicyclic) bond motifs is 1. The van der Waals surface area contributed by atoms with E-state index in [2.05, 4.69) is 21.7 Å². The molecule has 2 aromatic carbocycles. The number of methoxy groups -OCH3 is 1. The van der Waals surface area contributed by atoms with Crippen LogP contribution in [0.1, 0.15) is 35.4 Å². The SMILES string of the molecule is COc1ccccc1NC(=O)N1CCN(C(=O)CCN2CCc3sccc3[C@@H]2c2cccc(F)c2)C[C@H]1C. The molecule has 2 aliphatic heterocycles. The average molecular weight is 537 g/mol. The van der Waals surface area contributed by atoms with Crippen molar-refractivity contribution < 1.29 is 18.7 Å². The van der Waals surface area contributed by atoms with Gasteiger partial charge in [0.2, 0.25) is 5.91 Å². The molecule has 2 aliphatic rings. The number of piperazine rings is 1. The Morgan fingerprint density at radius 1 is 1.11 bits per heavy atom. The normalized spacial score (nSPS) is 19.7. The number of urea groups is 1. The summed E-state index contributed by atoms with van der Waals surface area (Å²) in [6.07, 6.45) is 1.31. The highest BCUT2D eigenvalue weighted by Crippen LogP contribution is 2.38. The van der Waals surface area contributed by atoms with Crippen LogP contribution in [0.15, 0.2) is 60.0 Å². The highest BCUT2D eigenvalue weighted by atomic mass is 32.1. The zero-order valence-electron chi connectivity index (χ0n) is 21.7. The summed E-state index contributed by atoms with van der Waals surface area (Å²) in [6.45, 7) is 4.82. The minimum absolute atomic E-state index is 0.0528. The Hall–Kier alpha value is -3.43. The van der Waals surface area contributed by atoms with Crippen molar-refractivity contribution >= 4 is 29.0 Å². The molecule has 0 unspecified atom stereocenters. The minimum atomic E-state index is -0.248. The van der Waals surface area contributed by atoms with Crippen LogP contribution in [0.2, 0.25) is 0 Å². The van der Waals surface area contributed by atoms with E-state index in [1.807, 2.05) is 30.0 Å². The third-order valence-corrected chi connectivity index (χ3v) is 8.43. The van der Waals surface area contributed by atoms with Crippen LogP contribution in [0.3, 0.4) is 0 Å². The number of carbonyl (C=O) groups is 2. The predicted molar refractivity (Wildman–Crippen MR) is 147 cm³/mol. The van der Waals surface area contributed by atoms with Gasteiger partial charge in [-0.05, 0) is 60.2 Å². The van der Waals surface area contributed by atoms with Crippen molar-refractivity contribution in [3.05, 3.63) is 81.8 Å². The molecule has 0 saturated carbocycles. The quantitative estimate of drug-likeness (QED) is 0.482. The van der Waals surface area contributed by atoms with E-state index in [1.54, 1.807) is 47.6 Å². The molecule has 2 atom stereocenters. The van der Waals surface area contributed by atoms with Gasteiger partial charge in [0.1, 0.15) is 11.6 Å². The molecular weight excluding hydrogens is 503 g/mol. The second-order valence-electron chi connectivity index (χ2n) is 9.81. The van der Waals surface area contributed by atoms with E-state index < -0.39 is 0 Å². The van der Waals surface area contributed by atoms with Gasteiger partial charge in [-0.25, -0.2) is 9.18 Å². The Kier molecular flexibility index (Phi) is 7.95. The number of carbonyl (C=O) groups excluding carboxylic acids is 2. The second-order valence-corrected chi connectivity index (χ2v) is 10.8. The summed E-state index contributed by atoms with van der Waals surface area (Å²) in [5, 5.41) is 5.02. The molecule has 3 heterocycles. The topological polar surface area (TPSA) is 65.1 Å². The first kappa shape index (κ1) is 26.2. The van der Waals surface area contributed by atoms with Gasteiger partial charge in [0.25, 0.3) is 0 Å². The number of para-hydroxylation sites is 2. The zero-order valence-corrected chi connectivity index (χ0v) is 22.5. The largest absolute Gasteiger partial charge is 0.495 e. The number of amides is 3. The molecule has 9 heteroatoms. The molecule has 200 valence electrons. The van der Waals surface area contributed by atoms with Crippen molar-refractivity contribution in [2.45, 2.75) is 31.8 Å². The number of halogens is 1. The van der Waals surface area contributed by atoms with Crippen molar-refractivity contribution in [2.75, 3.05) is 45.2 Å². The number of hydrogen-bond donors (Lipinski definition) is 1. The van der Waals surface area contributed by atoms with Crippen LogP contribution in [0.5, 0.6) is 5.75 Å². The molecule has 3 aromatic rings. The van der Waals surface area contributed by atoms with Gasteiger partial charge in [-0.3, -0.25) is 9.69 Å². The maximum Gasteiger partial charge on any atom is 0.322 e. The lowest BCUT2D eigenvalue weighted by Crippen LogP contribution is -2.56. The summed E-state index contributed by atoms with van der Waals surface area (Å²) < 4.78 is 19.4. The minimum Gasteiger partial charge on any atom is -0.495 e. The van der Waals surface area contributed by atoms with E-state index in [9.17, 15) is 14.0 Å². The Balaban J connectivity index is 1.19. The average Bonchev–Trinajstić information content (AvgIpc) is 3.40. The Labute approximate surface area is 226 Å². The van der Waals surface area contributed by atoms with E-state index in [-0.39, 0.29) is 29.8 Å². The van der Waals surface area contributed by atoms with Crippen LogP contribution in [-0.4, -0.2) is 72.5 Å². The van der Waals surface area contributed by atoms with Crippen LogP contribution in [0.4, 0.5) is 14.9 Å². The molecule has 0 bridgehead atoms. The van der Waals surface area contributed by atoms with Gasteiger partial charge < -0.3 is 19.9 Å². The molecule has 3 amide bonds. The van der Waals surface area contributed by atoms with Crippen LogP contribution in [0, 0.1) is 5.82 Å². The summed E-state index contributed by atoms with van der Waals surface area (Å²) in [5.74, 6) is 0.435. The van der Waals surface area contributed by atoms with Crippen molar-refractivity contribution in [2.24, 2.45) is 0 Å². The van der Waals surface area contributed by atoms with E-state index in [4.69, 9.17) is 4.74 Å². The van der Waals surface area contributed by atoms with Gasteiger partial charge in [0.15, 0.2) is 0 Å². The number of hydrogen-bond acceptors (Lipinski definition) is 5. The molecule has 1 aromatic heterocycles. The molecule has 38 heavy (non-hydrogen) atoms. The lowest BCUT2D eigenvalue weighted by atomic mass is 9.93. The van der Waals surface area contributed by atoms with Gasteiger partial charge in [-0.1, -0.05) is 24.3 Å². The summed E-state index contributed by atoms with van der Waals surface area (Å²) in [4.78, 5) is 33.4. The summed E-state index contributed by atoms with van der Waals surface area (Å²) >= 11 is 1.74. The molecule has 0 spiro atoms. The molecule has 1 saturated heterocycles. The van der Waals surface area contributed by atoms with Crippen molar-refractivity contribution in [3.63, 3.8) is 0 Å². The Morgan fingerprint density at radius 2 is 1.95 bits per heavy atom. The highest BCUT2D eigenvalue weighted by Gasteiger charge is 2.33. The fourth-order valence-electron chi connectivity index (χ4n) is 5.49. The van der Waals surface area contributed by atoms with Crippen molar-refractivity contribution in [3.8, 4) is 5.75 Å². The van der Waals surface area contributed by atoms with E-state index in [1.165, 1.54) is 16.5 Å².